The zero-order chi connectivity index (χ0) is 35.6. The number of nitrogens with one attached hydrogen (secondary N) is 2. The fraction of sp³-hybridized carbons (Fsp3) is 0.645. The van der Waals surface area contributed by atoms with E-state index >= 15 is 0 Å². The second-order valence-corrected chi connectivity index (χ2v) is 14.9. The molecule has 0 radical (unpaired) electrons. The second-order valence-electron chi connectivity index (χ2n) is 13.3. The third-order valence-corrected chi connectivity index (χ3v) is 10.4. The predicted molar refractivity (Wildman–Crippen MR) is 171 cm³/mol. The first-order valence-electron chi connectivity index (χ1n) is 16.2. The molecule has 0 bridgehead atoms. The number of benzene rings is 1. The number of nitrogens with zero attached hydrogens (tertiary/aromatic N) is 5. The maximum Gasteiger partial charge on any atom is 0.406 e. The Morgan fingerprint density at radius 2 is 1.92 bits per heavy atom. The van der Waals surface area contributed by atoms with Gasteiger partial charge in [-0.15, -0.1) is 0 Å². The van der Waals surface area contributed by atoms with Crippen LogP contribution in [-0.2, 0) is 14.9 Å². The normalized spacial score (nSPS) is 23.0. The number of hydrogen-bond donors (Lipinski definition) is 3. The van der Waals surface area contributed by atoms with Crippen molar-refractivity contribution < 1.29 is 45.4 Å². The van der Waals surface area contributed by atoms with Crippen molar-refractivity contribution in [2.45, 2.75) is 70.5 Å². The largest absolute Gasteiger partial charge is 0.451 e. The van der Waals surface area contributed by atoms with Gasteiger partial charge in [-0.05, 0) is 64.4 Å². The van der Waals surface area contributed by atoms with Gasteiger partial charge in [0.15, 0.2) is 17.4 Å². The van der Waals surface area contributed by atoms with Crippen LogP contribution >= 0.6 is 0 Å². The van der Waals surface area contributed by atoms with Gasteiger partial charge in [-0.3, -0.25) is 9.69 Å². The Hall–Kier alpha value is -3.16. The number of carbonyl (C=O) groups excluding carboxylic acids is 1. The molecule has 3 fully saturated rings. The van der Waals surface area contributed by atoms with Crippen molar-refractivity contribution in [2.75, 3.05) is 57.3 Å². The number of rotatable bonds is 12. The molecule has 272 valence electrons. The number of piperidine rings is 1. The summed E-state index contributed by atoms with van der Waals surface area (Å²) in [5, 5.41) is 11.1. The molecule has 5 rings (SSSR count). The summed E-state index contributed by atoms with van der Waals surface area (Å²) >= 11 is 0. The molecule has 3 aliphatic rings. The molecule has 3 saturated heterocycles. The van der Waals surface area contributed by atoms with Gasteiger partial charge in [-0.2, -0.15) is 26.3 Å². The Kier molecular flexibility index (Phi) is 11.1. The van der Waals surface area contributed by atoms with Gasteiger partial charge in [-0.1, -0.05) is 6.92 Å². The van der Waals surface area contributed by atoms with Gasteiger partial charge in [0, 0.05) is 43.6 Å². The number of ether oxygens (including phenoxy) is 2. The van der Waals surface area contributed by atoms with Gasteiger partial charge in [0.2, 0.25) is 0 Å². The van der Waals surface area contributed by atoms with Crippen LogP contribution in [-0.4, -0.2) is 116 Å². The van der Waals surface area contributed by atoms with E-state index in [1.807, 2.05) is 4.90 Å². The maximum atomic E-state index is 14.3. The number of aromatic nitrogens is 2. The van der Waals surface area contributed by atoms with Gasteiger partial charge in [-0.25, -0.2) is 19.1 Å². The van der Waals surface area contributed by atoms with Crippen LogP contribution in [0.2, 0.25) is 0 Å². The minimum Gasteiger partial charge on any atom is -0.451 e. The molecule has 0 saturated carbocycles. The smallest absolute Gasteiger partial charge is 0.406 e. The minimum atomic E-state index is -4.65. The Morgan fingerprint density at radius 1 is 1.20 bits per heavy atom. The van der Waals surface area contributed by atoms with E-state index < -0.39 is 52.5 Å². The van der Waals surface area contributed by atoms with E-state index in [4.69, 9.17) is 9.47 Å². The van der Waals surface area contributed by atoms with Crippen LogP contribution < -0.4 is 19.1 Å². The lowest BCUT2D eigenvalue weighted by atomic mass is 9.72. The summed E-state index contributed by atoms with van der Waals surface area (Å²) in [6, 6.07) is 1.88. The molecule has 0 aliphatic carbocycles. The maximum absolute atomic E-state index is 14.3. The molecule has 13 nitrogen and oxygen atoms in total. The lowest BCUT2D eigenvalue weighted by Crippen LogP contribution is -2.62. The average molecular weight is 718 g/mol. The molecule has 2 aromatic rings. The van der Waals surface area contributed by atoms with E-state index in [-0.39, 0.29) is 42.0 Å². The van der Waals surface area contributed by atoms with Crippen molar-refractivity contribution in [3.05, 3.63) is 42.1 Å². The van der Waals surface area contributed by atoms with Gasteiger partial charge in [0.1, 0.15) is 24.4 Å². The number of likely N-dealkylation sites (tertiary alicyclic amines) is 1. The summed E-state index contributed by atoms with van der Waals surface area (Å²) in [6.45, 7) is 6.43. The van der Waals surface area contributed by atoms with Gasteiger partial charge < -0.3 is 24.4 Å². The predicted octanol–water partition coefficient (Wildman–Crippen LogP) is 3.03. The van der Waals surface area contributed by atoms with Crippen LogP contribution in [0.25, 0.3) is 0 Å². The van der Waals surface area contributed by atoms with Gasteiger partial charge in [0.25, 0.3) is 16.1 Å². The monoisotopic (exact) mass is 717 g/mol. The van der Waals surface area contributed by atoms with E-state index in [1.165, 1.54) is 32.4 Å². The molecule has 0 unspecified atom stereocenters. The van der Waals surface area contributed by atoms with Crippen molar-refractivity contribution in [3.8, 4) is 11.5 Å². The summed E-state index contributed by atoms with van der Waals surface area (Å²) in [6.07, 6.45) is 0.494. The van der Waals surface area contributed by atoms with Crippen LogP contribution in [0.5, 0.6) is 11.5 Å². The summed E-state index contributed by atoms with van der Waals surface area (Å²) in [5.41, 5.74) is -0.370. The minimum absolute atomic E-state index is 0.0171. The highest BCUT2D eigenvalue weighted by molar-refractivity contribution is 7.87. The molecular weight excluding hydrogens is 674 g/mol. The highest BCUT2D eigenvalue weighted by Gasteiger charge is 2.47. The van der Waals surface area contributed by atoms with Crippen molar-refractivity contribution in [1.82, 2.24) is 29.2 Å². The number of amides is 1. The van der Waals surface area contributed by atoms with Crippen molar-refractivity contribution in [3.63, 3.8) is 0 Å². The quantitative estimate of drug-likeness (QED) is 0.280. The van der Waals surface area contributed by atoms with Crippen LogP contribution in [0.4, 0.5) is 23.4 Å². The van der Waals surface area contributed by atoms with Crippen LogP contribution in [0.15, 0.2) is 30.7 Å². The molecule has 49 heavy (non-hydrogen) atoms. The van der Waals surface area contributed by atoms with E-state index in [0.717, 1.165) is 25.0 Å². The number of hydrogen-bond acceptors (Lipinski definition) is 10. The number of alkyl halides is 3. The fourth-order valence-electron chi connectivity index (χ4n) is 6.58. The number of anilines is 1. The van der Waals surface area contributed by atoms with E-state index in [9.17, 15) is 35.9 Å². The van der Waals surface area contributed by atoms with Crippen molar-refractivity contribution >= 4 is 21.9 Å². The molecule has 3 aliphatic heterocycles. The number of carbonyl (C=O) groups is 1. The Balaban J connectivity index is 1.18. The van der Waals surface area contributed by atoms with E-state index in [0.29, 0.717) is 49.9 Å². The lowest BCUT2D eigenvalue weighted by Gasteiger charge is -2.55. The van der Waals surface area contributed by atoms with Gasteiger partial charge >= 0.3 is 6.18 Å². The van der Waals surface area contributed by atoms with Crippen molar-refractivity contribution in [1.29, 1.82) is 0 Å². The summed E-state index contributed by atoms with van der Waals surface area (Å²) in [4.78, 5) is 26.4. The molecule has 3 N–H and O–H groups in total. The molecule has 1 aromatic heterocycles. The molecule has 1 amide bonds. The molecule has 1 aromatic carbocycles. The standard InChI is InChI=1S/C31H43F4N7O6S/c1-4-38-49(45,46)39-23-7-8-30(44,47-15-23)18-40-11-9-29(10-12-40)16-41(17-29)27-26(14-36-20-37-27)48-25-6-5-22(32)13-24(25)28(43)42(21(2)3)19-31(33,34)35/h5-6,13-14,20-21,23,38-39,44H,4,7-12,15-19H2,1-3H3/t23-,30-/m1/s1. The Morgan fingerprint density at radius 3 is 2.53 bits per heavy atom. The SMILES string of the molecule is CCNS(=O)(=O)N[C@@H]1CC[C@](O)(CN2CCC3(CC2)CN(c2ncncc2Oc2ccc(F)cc2C(=O)N(CC(F)(F)F)C(C)C)C3)OC1. The third-order valence-electron chi connectivity index (χ3n) is 9.12. The highest BCUT2D eigenvalue weighted by Crippen LogP contribution is 2.45. The topological polar surface area (TPSA) is 149 Å². The fourth-order valence-corrected chi connectivity index (χ4v) is 7.67. The molecule has 1 spiro atoms. The number of halogens is 4. The summed E-state index contributed by atoms with van der Waals surface area (Å²) < 4.78 is 94.7. The Labute approximate surface area is 283 Å². The van der Waals surface area contributed by atoms with Gasteiger partial charge in [0.05, 0.1) is 24.9 Å². The number of β-amino-alcohol motifs (C(OH)–C–C–N with tert-alkyl or cyclic N) is 1. The third kappa shape index (κ3) is 9.35. The molecule has 4 heterocycles. The first-order chi connectivity index (χ1) is 23.0. The van der Waals surface area contributed by atoms with Crippen LogP contribution in [0.1, 0.15) is 56.8 Å². The lowest BCUT2D eigenvalue weighted by molar-refractivity contribution is -0.239. The molecule has 2 atom stereocenters. The zero-order valence-electron chi connectivity index (χ0n) is 27.7. The second kappa shape index (κ2) is 14.6. The summed E-state index contributed by atoms with van der Waals surface area (Å²) in [7, 11) is -3.62. The molecule has 18 heteroatoms. The summed E-state index contributed by atoms with van der Waals surface area (Å²) in [5.74, 6) is -2.71. The number of aliphatic hydroxyl groups is 1. The average Bonchev–Trinajstić information content (AvgIpc) is 3.01. The molecular formula is C31H43F4N7O6S. The van der Waals surface area contributed by atoms with Crippen LogP contribution in [0.3, 0.4) is 0 Å². The zero-order valence-corrected chi connectivity index (χ0v) is 28.5. The van der Waals surface area contributed by atoms with Crippen LogP contribution in [0, 0.1) is 11.2 Å². The Bertz CT molecular complexity index is 1570. The highest BCUT2D eigenvalue weighted by atomic mass is 32.2. The first kappa shape index (κ1) is 37.1. The van der Waals surface area contributed by atoms with Crippen molar-refractivity contribution in [2.24, 2.45) is 5.41 Å². The van der Waals surface area contributed by atoms with E-state index in [1.54, 1.807) is 6.92 Å². The first-order valence-corrected chi connectivity index (χ1v) is 17.7. The van der Waals surface area contributed by atoms with E-state index in [2.05, 4.69) is 24.3 Å².